The molecule has 1 atom stereocenters. The van der Waals surface area contributed by atoms with Gasteiger partial charge in [-0.15, -0.1) is 23.2 Å². The molecule has 0 saturated heterocycles. The van der Waals surface area contributed by atoms with Crippen LogP contribution in [0.3, 0.4) is 0 Å². The van der Waals surface area contributed by atoms with E-state index in [0.29, 0.717) is 11.3 Å². The smallest absolute Gasteiger partial charge is 0.0525 e. The first-order chi connectivity index (χ1) is 5.19. The van der Waals surface area contributed by atoms with Gasteiger partial charge in [0.05, 0.1) is 5.38 Å². The average molecular weight is 195 g/mol. The fourth-order valence-corrected chi connectivity index (χ4v) is 2.45. The lowest BCUT2D eigenvalue weighted by atomic mass is 9.74. The molecule has 2 heteroatoms. The molecule has 0 heterocycles. The summed E-state index contributed by atoms with van der Waals surface area (Å²) in [6.07, 6.45) is 6.55. The van der Waals surface area contributed by atoms with Gasteiger partial charge in [-0.3, -0.25) is 0 Å². The number of hydrogen-bond acceptors (Lipinski definition) is 0. The molecule has 0 aromatic heterocycles. The number of rotatable bonds is 2. The zero-order chi connectivity index (χ0) is 8.32. The molecular formula is C9H16Cl2. The van der Waals surface area contributed by atoms with Gasteiger partial charge in [0, 0.05) is 5.88 Å². The summed E-state index contributed by atoms with van der Waals surface area (Å²) in [5.74, 6) is 0.595. The topological polar surface area (TPSA) is 0 Å². The van der Waals surface area contributed by atoms with Crippen LogP contribution in [0.25, 0.3) is 0 Å². The van der Waals surface area contributed by atoms with Crippen molar-refractivity contribution in [3.05, 3.63) is 0 Å². The molecule has 1 fully saturated rings. The van der Waals surface area contributed by atoms with Gasteiger partial charge in [0.25, 0.3) is 0 Å². The van der Waals surface area contributed by atoms with Crippen molar-refractivity contribution in [1.29, 1.82) is 0 Å². The van der Waals surface area contributed by atoms with Crippen molar-refractivity contribution in [2.45, 2.75) is 44.4 Å². The average Bonchev–Trinajstić information content (AvgIpc) is 2.04. The molecule has 0 spiro atoms. The predicted molar refractivity (Wildman–Crippen MR) is 51.6 cm³/mol. The van der Waals surface area contributed by atoms with Crippen molar-refractivity contribution in [2.75, 3.05) is 5.88 Å². The highest BCUT2D eigenvalue weighted by molar-refractivity contribution is 6.28. The molecule has 0 aromatic carbocycles. The van der Waals surface area contributed by atoms with E-state index in [-0.39, 0.29) is 5.38 Å². The van der Waals surface area contributed by atoms with Crippen molar-refractivity contribution in [3.63, 3.8) is 0 Å². The minimum absolute atomic E-state index is 0.171. The third kappa shape index (κ3) is 2.26. The van der Waals surface area contributed by atoms with Gasteiger partial charge >= 0.3 is 0 Å². The van der Waals surface area contributed by atoms with Gasteiger partial charge in [-0.2, -0.15) is 0 Å². The fraction of sp³-hybridized carbons (Fsp3) is 1.00. The summed E-state index contributed by atoms with van der Waals surface area (Å²) in [5.41, 5.74) is 0.321. The second-order valence-electron chi connectivity index (χ2n) is 3.84. The van der Waals surface area contributed by atoms with Crippen LogP contribution in [0.4, 0.5) is 0 Å². The van der Waals surface area contributed by atoms with Crippen LogP contribution in [-0.2, 0) is 0 Å². The van der Waals surface area contributed by atoms with E-state index in [2.05, 4.69) is 6.92 Å². The molecule has 0 amide bonds. The van der Waals surface area contributed by atoms with Gasteiger partial charge in [-0.1, -0.05) is 26.2 Å². The summed E-state index contributed by atoms with van der Waals surface area (Å²) in [5, 5.41) is 0.171. The van der Waals surface area contributed by atoms with Crippen LogP contribution in [0.1, 0.15) is 39.0 Å². The van der Waals surface area contributed by atoms with Crippen molar-refractivity contribution in [2.24, 2.45) is 5.41 Å². The maximum atomic E-state index is 6.15. The summed E-state index contributed by atoms with van der Waals surface area (Å²) >= 11 is 11.9. The third-order valence-corrected chi connectivity index (χ3v) is 4.04. The van der Waals surface area contributed by atoms with E-state index >= 15 is 0 Å². The summed E-state index contributed by atoms with van der Waals surface area (Å²) < 4.78 is 0. The molecular weight excluding hydrogens is 179 g/mol. The lowest BCUT2D eigenvalue weighted by Gasteiger charge is -2.36. The SMILES string of the molecule is CC1(C(Cl)CCl)CCCCC1. The first kappa shape index (κ1) is 9.67. The van der Waals surface area contributed by atoms with Gasteiger partial charge in [-0.25, -0.2) is 0 Å². The zero-order valence-corrected chi connectivity index (χ0v) is 8.59. The molecule has 0 N–H and O–H groups in total. The maximum Gasteiger partial charge on any atom is 0.0525 e. The summed E-state index contributed by atoms with van der Waals surface area (Å²) in [6, 6.07) is 0. The highest BCUT2D eigenvalue weighted by atomic mass is 35.5. The molecule has 0 bridgehead atoms. The van der Waals surface area contributed by atoms with E-state index in [1.54, 1.807) is 0 Å². The molecule has 0 radical (unpaired) electrons. The normalized spacial score (nSPS) is 26.5. The van der Waals surface area contributed by atoms with Crippen LogP contribution in [0.2, 0.25) is 0 Å². The van der Waals surface area contributed by atoms with E-state index in [1.165, 1.54) is 32.1 Å². The second-order valence-corrected chi connectivity index (χ2v) is 4.67. The summed E-state index contributed by atoms with van der Waals surface area (Å²) in [7, 11) is 0. The van der Waals surface area contributed by atoms with Crippen molar-refractivity contribution < 1.29 is 0 Å². The Kier molecular flexibility index (Phi) is 3.52. The highest BCUT2D eigenvalue weighted by Crippen LogP contribution is 2.41. The molecule has 1 aliphatic carbocycles. The van der Waals surface area contributed by atoms with Gasteiger partial charge in [0.1, 0.15) is 0 Å². The Morgan fingerprint density at radius 3 is 2.27 bits per heavy atom. The predicted octanol–water partition coefficient (Wildman–Crippen LogP) is 3.80. The van der Waals surface area contributed by atoms with E-state index in [0.717, 1.165) is 0 Å². The Bertz CT molecular complexity index is 117. The fourth-order valence-electron chi connectivity index (χ4n) is 1.86. The highest BCUT2D eigenvalue weighted by Gasteiger charge is 2.33. The zero-order valence-electron chi connectivity index (χ0n) is 7.08. The molecule has 1 saturated carbocycles. The molecule has 1 rings (SSSR count). The molecule has 0 aromatic rings. The lowest BCUT2D eigenvalue weighted by Crippen LogP contribution is -2.31. The third-order valence-electron chi connectivity index (χ3n) is 2.89. The molecule has 0 aliphatic heterocycles. The standard InChI is InChI=1S/C9H16Cl2/c1-9(8(11)7-10)5-3-2-4-6-9/h8H,2-7H2,1H3. The van der Waals surface area contributed by atoms with Gasteiger partial charge in [0.2, 0.25) is 0 Å². The molecule has 66 valence electrons. The maximum absolute atomic E-state index is 6.15. The molecule has 1 unspecified atom stereocenters. The second kappa shape index (κ2) is 4.00. The van der Waals surface area contributed by atoms with Crippen molar-refractivity contribution in [1.82, 2.24) is 0 Å². The first-order valence-electron chi connectivity index (χ1n) is 4.39. The van der Waals surface area contributed by atoms with E-state index in [4.69, 9.17) is 23.2 Å². The number of alkyl halides is 2. The quantitative estimate of drug-likeness (QED) is 0.588. The van der Waals surface area contributed by atoms with Crippen molar-refractivity contribution in [3.8, 4) is 0 Å². The Morgan fingerprint density at radius 1 is 1.27 bits per heavy atom. The van der Waals surface area contributed by atoms with Gasteiger partial charge in [0.15, 0.2) is 0 Å². The van der Waals surface area contributed by atoms with Crippen molar-refractivity contribution >= 4 is 23.2 Å². The van der Waals surface area contributed by atoms with E-state index < -0.39 is 0 Å². The van der Waals surface area contributed by atoms with Gasteiger partial charge in [-0.05, 0) is 18.3 Å². The monoisotopic (exact) mass is 194 g/mol. The Labute approximate surface area is 79.3 Å². The van der Waals surface area contributed by atoms with Gasteiger partial charge < -0.3 is 0 Å². The minimum atomic E-state index is 0.171. The number of hydrogen-bond donors (Lipinski definition) is 0. The minimum Gasteiger partial charge on any atom is -0.125 e. The van der Waals surface area contributed by atoms with Crippen LogP contribution in [0.5, 0.6) is 0 Å². The Hall–Kier alpha value is 0.580. The molecule has 0 nitrogen and oxygen atoms in total. The molecule has 11 heavy (non-hydrogen) atoms. The number of halogens is 2. The summed E-state index contributed by atoms with van der Waals surface area (Å²) in [6.45, 7) is 2.27. The van der Waals surface area contributed by atoms with Crippen LogP contribution >= 0.6 is 23.2 Å². The molecule has 1 aliphatic rings. The largest absolute Gasteiger partial charge is 0.125 e. The van der Waals surface area contributed by atoms with Crippen LogP contribution < -0.4 is 0 Å². The van der Waals surface area contributed by atoms with E-state index in [1.807, 2.05) is 0 Å². The Morgan fingerprint density at radius 2 is 1.82 bits per heavy atom. The van der Waals surface area contributed by atoms with Crippen LogP contribution in [0.15, 0.2) is 0 Å². The van der Waals surface area contributed by atoms with E-state index in [9.17, 15) is 0 Å². The Balaban J connectivity index is 2.49. The summed E-state index contributed by atoms with van der Waals surface area (Å²) in [4.78, 5) is 0. The lowest BCUT2D eigenvalue weighted by molar-refractivity contribution is 0.214. The first-order valence-corrected chi connectivity index (χ1v) is 5.36. The van der Waals surface area contributed by atoms with Crippen LogP contribution in [-0.4, -0.2) is 11.3 Å². The van der Waals surface area contributed by atoms with Crippen LogP contribution in [0, 0.1) is 5.41 Å².